The van der Waals surface area contributed by atoms with Gasteiger partial charge in [0.2, 0.25) is 0 Å². The second-order valence-electron chi connectivity index (χ2n) is 6.60. The monoisotopic (exact) mass is 396 g/mol. The summed E-state index contributed by atoms with van der Waals surface area (Å²) in [6, 6.07) is 13.6. The van der Waals surface area contributed by atoms with E-state index in [0.717, 1.165) is 47.3 Å². The lowest BCUT2D eigenvalue weighted by Crippen LogP contribution is -2.17. The number of imide groups is 1. The van der Waals surface area contributed by atoms with E-state index in [2.05, 4.69) is 24.4 Å². The van der Waals surface area contributed by atoms with Crippen LogP contribution in [-0.4, -0.2) is 22.7 Å². The van der Waals surface area contributed by atoms with Crippen molar-refractivity contribution in [2.45, 2.75) is 39.0 Å². The lowest BCUT2D eigenvalue weighted by molar-refractivity contribution is -0.115. The molecular weight excluding hydrogens is 372 g/mol. The Morgan fingerprint density at radius 2 is 1.79 bits per heavy atom. The molecule has 0 atom stereocenters. The van der Waals surface area contributed by atoms with Crippen LogP contribution in [0, 0.1) is 0 Å². The van der Waals surface area contributed by atoms with Gasteiger partial charge in [-0.05, 0) is 60.5 Å². The Balaban J connectivity index is 1.49. The lowest BCUT2D eigenvalue weighted by Gasteiger charge is -2.07. The number of thioether (sulfide) groups is 1. The molecule has 0 saturated carbocycles. The molecular formula is C22H24N2O3S. The topological polar surface area (TPSA) is 68.3 Å². The predicted molar refractivity (Wildman–Crippen MR) is 112 cm³/mol. The van der Waals surface area contributed by atoms with E-state index in [0.29, 0.717) is 11.5 Å². The second kappa shape index (κ2) is 10.1. The molecule has 1 N–H and O–H groups in total. The SMILES string of the molecule is CCCCCc1cccc(CCOc2ccc(C=C3SC(=O)NC3=O)cc2)n1. The molecule has 3 rings (SSSR count). The smallest absolute Gasteiger partial charge is 0.290 e. The molecule has 0 radical (unpaired) electrons. The van der Waals surface area contributed by atoms with Crippen LogP contribution < -0.4 is 10.1 Å². The van der Waals surface area contributed by atoms with E-state index in [1.165, 1.54) is 19.3 Å². The van der Waals surface area contributed by atoms with Crippen LogP contribution in [0.25, 0.3) is 6.08 Å². The Bertz CT molecular complexity index is 862. The van der Waals surface area contributed by atoms with Gasteiger partial charge in [-0.15, -0.1) is 0 Å². The van der Waals surface area contributed by atoms with Gasteiger partial charge in [-0.25, -0.2) is 0 Å². The predicted octanol–water partition coefficient (Wildman–Crippen LogP) is 4.76. The number of rotatable bonds is 9. The van der Waals surface area contributed by atoms with E-state index in [4.69, 9.17) is 9.72 Å². The summed E-state index contributed by atoms with van der Waals surface area (Å²) >= 11 is 0.915. The maximum Gasteiger partial charge on any atom is 0.290 e. The summed E-state index contributed by atoms with van der Waals surface area (Å²) in [6.45, 7) is 2.76. The van der Waals surface area contributed by atoms with Gasteiger partial charge in [-0.2, -0.15) is 0 Å². The number of carbonyl (C=O) groups excluding carboxylic acids is 2. The van der Waals surface area contributed by atoms with Gasteiger partial charge >= 0.3 is 0 Å². The van der Waals surface area contributed by atoms with Crippen molar-refractivity contribution in [3.63, 3.8) is 0 Å². The maximum atomic E-state index is 11.6. The molecule has 6 heteroatoms. The molecule has 5 nitrogen and oxygen atoms in total. The molecule has 0 aliphatic carbocycles. The van der Waals surface area contributed by atoms with E-state index in [1.807, 2.05) is 30.3 Å². The number of hydrogen-bond acceptors (Lipinski definition) is 5. The van der Waals surface area contributed by atoms with Crippen molar-refractivity contribution < 1.29 is 14.3 Å². The summed E-state index contributed by atoms with van der Waals surface area (Å²) in [5.74, 6) is 0.417. The third-order valence-electron chi connectivity index (χ3n) is 4.35. The van der Waals surface area contributed by atoms with E-state index in [1.54, 1.807) is 6.08 Å². The molecule has 2 aromatic rings. The number of aromatic nitrogens is 1. The first-order valence-corrected chi connectivity index (χ1v) is 10.4. The standard InChI is InChI=1S/C22H24N2O3S/c1-2-3-4-6-17-7-5-8-18(23-17)13-14-27-19-11-9-16(10-12-19)15-20-21(25)24-22(26)28-20/h5,7-12,15H,2-4,6,13-14H2,1H3,(H,24,25,26). The molecule has 1 aliphatic rings. The van der Waals surface area contributed by atoms with Crippen LogP contribution in [0.3, 0.4) is 0 Å². The van der Waals surface area contributed by atoms with Crippen molar-refractivity contribution >= 4 is 29.0 Å². The lowest BCUT2D eigenvalue weighted by atomic mass is 10.1. The summed E-state index contributed by atoms with van der Waals surface area (Å²) in [7, 11) is 0. The number of nitrogens with zero attached hydrogens (tertiary/aromatic N) is 1. The minimum Gasteiger partial charge on any atom is -0.493 e. The highest BCUT2D eigenvalue weighted by Gasteiger charge is 2.24. The number of carbonyl (C=O) groups is 2. The van der Waals surface area contributed by atoms with Crippen LogP contribution in [-0.2, 0) is 17.6 Å². The van der Waals surface area contributed by atoms with Gasteiger partial charge < -0.3 is 4.74 Å². The maximum absolute atomic E-state index is 11.6. The highest BCUT2D eigenvalue weighted by molar-refractivity contribution is 8.18. The van der Waals surface area contributed by atoms with Gasteiger partial charge in [0.25, 0.3) is 11.1 Å². The number of amides is 2. The summed E-state index contributed by atoms with van der Waals surface area (Å²) in [5, 5.41) is 1.91. The molecule has 0 unspecified atom stereocenters. The molecule has 1 aromatic heterocycles. The van der Waals surface area contributed by atoms with E-state index in [-0.39, 0.29) is 11.1 Å². The molecule has 146 valence electrons. The van der Waals surface area contributed by atoms with Crippen LogP contribution in [0.5, 0.6) is 5.75 Å². The van der Waals surface area contributed by atoms with Gasteiger partial charge in [0.05, 0.1) is 11.5 Å². The Hall–Kier alpha value is -2.60. The van der Waals surface area contributed by atoms with Gasteiger partial charge in [0.15, 0.2) is 0 Å². The second-order valence-corrected chi connectivity index (χ2v) is 7.61. The number of nitrogens with one attached hydrogen (secondary N) is 1. The van der Waals surface area contributed by atoms with Crippen molar-refractivity contribution in [2.75, 3.05) is 6.61 Å². The molecule has 1 fully saturated rings. The van der Waals surface area contributed by atoms with Crippen molar-refractivity contribution in [3.8, 4) is 5.75 Å². The summed E-state index contributed by atoms with van der Waals surface area (Å²) in [6.07, 6.45) is 7.12. The Kier molecular flexibility index (Phi) is 7.25. The fraction of sp³-hybridized carbons (Fsp3) is 0.318. The van der Waals surface area contributed by atoms with Gasteiger partial charge in [0.1, 0.15) is 5.75 Å². The molecule has 1 aromatic carbocycles. The van der Waals surface area contributed by atoms with Crippen LogP contribution in [0.1, 0.15) is 43.1 Å². The normalized spacial score (nSPS) is 15.1. The number of hydrogen-bond donors (Lipinski definition) is 1. The fourth-order valence-corrected chi connectivity index (χ4v) is 3.55. The largest absolute Gasteiger partial charge is 0.493 e. The van der Waals surface area contributed by atoms with Gasteiger partial charge in [-0.3, -0.25) is 19.9 Å². The molecule has 0 bridgehead atoms. The minimum atomic E-state index is -0.347. The Morgan fingerprint density at radius 1 is 1.04 bits per heavy atom. The third-order valence-corrected chi connectivity index (χ3v) is 5.16. The number of aryl methyl sites for hydroxylation is 1. The number of pyridine rings is 1. The van der Waals surface area contributed by atoms with Crippen LogP contribution >= 0.6 is 11.8 Å². The zero-order valence-electron chi connectivity index (χ0n) is 15.9. The quantitative estimate of drug-likeness (QED) is 0.489. The van der Waals surface area contributed by atoms with Crippen LogP contribution in [0.2, 0.25) is 0 Å². The summed E-state index contributed by atoms with van der Waals surface area (Å²) in [5.41, 5.74) is 3.04. The first-order valence-electron chi connectivity index (χ1n) is 9.56. The molecule has 1 saturated heterocycles. The molecule has 2 amide bonds. The molecule has 28 heavy (non-hydrogen) atoms. The first kappa shape index (κ1) is 20.1. The highest BCUT2D eigenvalue weighted by Crippen LogP contribution is 2.26. The van der Waals surface area contributed by atoms with Crippen molar-refractivity contribution in [1.82, 2.24) is 10.3 Å². The Labute approximate surface area is 169 Å². The molecule has 0 spiro atoms. The minimum absolute atomic E-state index is 0.334. The van der Waals surface area contributed by atoms with Gasteiger partial charge in [-0.1, -0.05) is 38.0 Å². The summed E-state index contributed by atoms with van der Waals surface area (Å²) in [4.78, 5) is 27.9. The van der Waals surface area contributed by atoms with Crippen molar-refractivity contribution in [1.29, 1.82) is 0 Å². The van der Waals surface area contributed by atoms with Crippen LogP contribution in [0.4, 0.5) is 4.79 Å². The molecule has 1 aliphatic heterocycles. The first-order chi connectivity index (χ1) is 13.6. The zero-order valence-corrected chi connectivity index (χ0v) is 16.8. The number of ether oxygens (including phenoxy) is 1. The zero-order chi connectivity index (χ0) is 19.8. The molecule has 2 heterocycles. The van der Waals surface area contributed by atoms with Gasteiger partial charge in [0, 0.05) is 17.8 Å². The fourth-order valence-electron chi connectivity index (χ4n) is 2.87. The average Bonchev–Trinajstić information content (AvgIpc) is 3.01. The average molecular weight is 397 g/mol. The highest BCUT2D eigenvalue weighted by atomic mass is 32.2. The van der Waals surface area contributed by atoms with Crippen molar-refractivity contribution in [2.24, 2.45) is 0 Å². The number of benzene rings is 1. The Morgan fingerprint density at radius 3 is 2.46 bits per heavy atom. The van der Waals surface area contributed by atoms with Crippen LogP contribution in [0.15, 0.2) is 47.4 Å². The van der Waals surface area contributed by atoms with E-state index in [9.17, 15) is 9.59 Å². The van der Waals surface area contributed by atoms with Crippen molar-refractivity contribution in [3.05, 3.63) is 64.3 Å². The van der Waals surface area contributed by atoms with E-state index >= 15 is 0 Å². The number of unbranched alkanes of at least 4 members (excludes halogenated alkanes) is 2. The summed E-state index contributed by atoms with van der Waals surface area (Å²) < 4.78 is 5.81. The third kappa shape index (κ3) is 5.96. The van der Waals surface area contributed by atoms with E-state index < -0.39 is 0 Å².